The second kappa shape index (κ2) is 7.93. The van der Waals surface area contributed by atoms with Crippen LogP contribution in [0, 0.1) is 11.6 Å². The Hall–Kier alpha value is -2.51. The maximum Gasteiger partial charge on any atom is 0.303 e. The Kier molecular flexibility index (Phi) is 6.25. The number of aliphatic carboxylic acids is 1. The lowest BCUT2D eigenvalue weighted by Crippen LogP contribution is -2.35. The van der Waals surface area contributed by atoms with Crippen LogP contribution >= 0.6 is 0 Å². The third kappa shape index (κ3) is 5.55. The van der Waals surface area contributed by atoms with E-state index in [2.05, 4.69) is 10.6 Å². The summed E-state index contributed by atoms with van der Waals surface area (Å²) in [6.45, 7) is -0.00825. The number of carboxylic acids is 1. The van der Waals surface area contributed by atoms with Gasteiger partial charge in [-0.2, -0.15) is 0 Å². The normalized spacial score (nSPS) is 10.0. The number of carbonyl (C=O) groups excluding carboxylic acids is 2. The molecule has 1 aromatic rings. The SMILES string of the molecule is O=C(O)CCC(=O)NCCNC(=O)c1c(F)cccc1F. The number of hydrogen-bond acceptors (Lipinski definition) is 3. The summed E-state index contributed by atoms with van der Waals surface area (Å²) in [5.74, 6) is -4.45. The van der Waals surface area contributed by atoms with E-state index in [1.54, 1.807) is 0 Å². The third-order valence-corrected chi connectivity index (χ3v) is 2.49. The first kappa shape index (κ1) is 16.5. The standard InChI is InChI=1S/C13H14F2N2O4/c14-8-2-1-3-9(15)12(8)13(21)17-7-6-16-10(18)4-5-11(19)20/h1-3H,4-7H2,(H,16,18)(H,17,21)(H,19,20). The number of carboxylic acid groups (broad SMARTS) is 1. The number of carbonyl (C=O) groups is 3. The quantitative estimate of drug-likeness (QED) is 0.645. The summed E-state index contributed by atoms with van der Waals surface area (Å²) in [6, 6.07) is 3.07. The van der Waals surface area contributed by atoms with Gasteiger partial charge in [-0.15, -0.1) is 0 Å². The van der Waals surface area contributed by atoms with Gasteiger partial charge in [0.1, 0.15) is 17.2 Å². The Bertz CT molecular complexity index is 529. The summed E-state index contributed by atoms with van der Waals surface area (Å²) in [5.41, 5.74) is -0.685. The minimum atomic E-state index is -1.09. The Labute approximate surface area is 119 Å². The minimum absolute atomic E-state index is 0.0280. The third-order valence-electron chi connectivity index (χ3n) is 2.49. The lowest BCUT2D eigenvalue weighted by Gasteiger charge is -2.08. The van der Waals surface area contributed by atoms with Crippen LogP contribution in [-0.2, 0) is 9.59 Å². The molecule has 0 spiro atoms. The molecule has 6 nitrogen and oxygen atoms in total. The molecule has 0 unspecified atom stereocenters. The maximum atomic E-state index is 13.3. The van der Waals surface area contributed by atoms with E-state index < -0.39 is 35.0 Å². The molecule has 0 radical (unpaired) electrons. The van der Waals surface area contributed by atoms with E-state index in [-0.39, 0.29) is 25.9 Å². The van der Waals surface area contributed by atoms with Gasteiger partial charge >= 0.3 is 5.97 Å². The average Bonchev–Trinajstić information content (AvgIpc) is 2.41. The van der Waals surface area contributed by atoms with E-state index in [0.29, 0.717) is 0 Å². The monoisotopic (exact) mass is 300 g/mol. The molecule has 8 heteroatoms. The van der Waals surface area contributed by atoms with Crippen molar-refractivity contribution in [2.24, 2.45) is 0 Å². The van der Waals surface area contributed by atoms with E-state index in [9.17, 15) is 23.2 Å². The molecule has 0 aliphatic heterocycles. The van der Waals surface area contributed by atoms with Crippen molar-refractivity contribution in [1.82, 2.24) is 10.6 Å². The predicted molar refractivity (Wildman–Crippen MR) is 68.6 cm³/mol. The first-order valence-electron chi connectivity index (χ1n) is 6.12. The summed E-state index contributed by atoms with van der Waals surface area (Å²) in [5, 5.41) is 13.0. The van der Waals surface area contributed by atoms with Crippen LogP contribution in [-0.4, -0.2) is 36.0 Å². The molecule has 0 saturated carbocycles. The predicted octanol–water partition coefficient (Wildman–Crippen LogP) is 0.676. The molecule has 21 heavy (non-hydrogen) atoms. The van der Waals surface area contributed by atoms with Crippen molar-refractivity contribution in [3.8, 4) is 0 Å². The maximum absolute atomic E-state index is 13.3. The summed E-state index contributed by atoms with van der Waals surface area (Å²) in [6.07, 6.45) is -0.468. The van der Waals surface area contributed by atoms with Crippen molar-refractivity contribution in [2.45, 2.75) is 12.8 Å². The van der Waals surface area contributed by atoms with Crippen molar-refractivity contribution in [3.05, 3.63) is 35.4 Å². The molecule has 114 valence electrons. The van der Waals surface area contributed by atoms with E-state index in [1.165, 1.54) is 0 Å². The number of benzene rings is 1. The second-order valence-corrected chi connectivity index (χ2v) is 4.10. The lowest BCUT2D eigenvalue weighted by molar-refractivity contribution is -0.138. The molecule has 0 heterocycles. The molecule has 3 N–H and O–H groups in total. The first-order chi connectivity index (χ1) is 9.91. The van der Waals surface area contributed by atoms with Gasteiger partial charge in [-0.1, -0.05) is 6.07 Å². The van der Waals surface area contributed by atoms with Gasteiger partial charge in [-0.3, -0.25) is 14.4 Å². The van der Waals surface area contributed by atoms with Gasteiger partial charge in [0.25, 0.3) is 5.91 Å². The highest BCUT2D eigenvalue weighted by molar-refractivity contribution is 5.94. The van der Waals surface area contributed by atoms with Crippen LogP contribution < -0.4 is 10.6 Å². The van der Waals surface area contributed by atoms with Crippen LogP contribution in [0.1, 0.15) is 23.2 Å². The van der Waals surface area contributed by atoms with Crippen LogP contribution in [0.3, 0.4) is 0 Å². The van der Waals surface area contributed by atoms with E-state index in [0.717, 1.165) is 18.2 Å². The van der Waals surface area contributed by atoms with Crippen LogP contribution in [0.25, 0.3) is 0 Å². The fourth-order valence-electron chi connectivity index (χ4n) is 1.49. The highest BCUT2D eigenvalue weighted by Gasteiger charge is 2.16. The van der Waals surface area contributed by atoms with Gasteiger partial charge in [-0.25, -0.2) is 8.78 Å². The van der Waals surface area contributed by atoms with Crippen LogP contribution in [0.2, 0.25) is 0 Å². The van der Waals surface area contributed by atoms with Crippen molar-refractivity contribution >= 4 is 17.8 Å². The van der Waals surface area contributed by atoms with Gasteiger partial charge in [-0.05, 0) is 12.1 Å². The molecular formula is C13H14F2N2O4. The zero-order chi connectivity index (χ0) is 15.8. The molecule has 2 amide bonds. The number of halogens is 2. The fourth-order valence-corrected chi connectivity index (χ4v) is 1.49. The van der Waals surface area contributed by atoms with E-state index >= 15 is 0 Å². The van der Waals surface area contributed by atoms with Gasteiger partial charge in [0.2, 0.25) is 5.91 Å². The van der Waals surface area contributed by atoms with Crippen LogP contribution in [0.15, 0.2) is 18.2 Å². The molecule has 0 aliphatic carbocycles. The molecule has 0 fully saturated rings. The van der Waals surface area contributed by atoms with Crippen LogP contribution in [0.4, 0.5) is 8.78 Å². The van der Waals surface area contributed by atoms with Crippen molar-refractivity contribution < 1.29 is 28.3 Å². The van der Waals surface area contributed by atoms with Gasteiger partial charge in [0.05, 0.1) is 6.42 Å². The lowest BCUT2D eigenvalue weighted by atomic mass is 10.2. The summed E-state index contributed by atoms with van der Waals surface area (Å²) in [7, 11) is 0. The Morgan fingerprint density at radius 3 is 2.14 bits per heavy atom. The van der Waals surface area contributed by atoms with Crippen molar-refractivity contribution in [1.29, 1.82) is 0 Å². The number of rotatable bonds is 7. The second-order valence-electron chi connectivity index (χ2n) is 4.10. The summed E-state index contributed by atoms with van der Waals surface area (Å²) < 4.78 is 26.6. The Balaban J connectivity index is 2.34. The van der Waals surface area contributed by atoms with Gasteiger partial charge in [0, 0.05) is 19.5 Å². The smallest absolute Gasteiger partial charge is 0.303 e. The summed E-state index contributed by atoms with van der Waals surface area (Å²) >= 11 is 0. The fraction of sp³-hybridized carbons (Fsp3) is 0.308. The number of nitrogens with one attached hydrogen (secondary N) is 2. The molecule has 0 bridgehead atoms. The van der Waals surface area contributed by atoms with E-state index in [1.807, 2.05) is 0 Å². The Morgan fingerprint density at radius 1 is 1.00 bits per heavy atom. The molecule has 0 atom stereocenters. The molecule has 0 saturated heterocycles. The van der Waals surface area contributed by atoms with Crippen LogP contribution in [0.5, 0.6) is 0 Å². The summed E-state index contributed by atoms with van der Waals surface area (Å²) in [4.78, 5) is 33.0. The highest BCUT2D eigenvalue weighted by atomic mass is 19.1. The largest absolute Gasteiger partial charge is 0.481 e. The molecular weight excluding hydrogens is 286 g/mol. The van der Waals surface area contributed by atoms with Crippen molar-refractivity contribution in [2.75, 3.05) is 13.1 Å². The van der Waals surface area contributed by atoms with Gasteiger partial charge in [0.15, 0.2) is 0 Å². The first-order valence-corrected chi connectivity index (χ1v) is 6.12. The number of amides is 2. The Morgan fingerprint density at radius 2 is 1.57 bits per heavy atom. The molecule has 0 aromatic heterocycles. The zero-order valence-corrected chi connectivity index (χ0v) is 11.0. The topological polar surface area (TPSA) is 95.5 Å². The van der Waals surface area contributed by atoms with Gasteiger partial charge < -0.3 is 15.7 Å². The van der Waals surface area contributed by atoms with Crippen molar-refractivity contribution in [3.63, 3.8) is 0 Å². The van der Waals surface area contributed by atoms with E-state index in [4.69, 9.17) is 5.11 Å². The minimum Gasteiger partial charge on any atom is -0.481 e. The number of hydrogen-bond donors (Lipinski definition) is 3. The highest BCUT2D eigenvalue weighted by Crippen LogP contribution is 2.11. The average molecular weight is 300 g/mol. The molecule has 0 aliphatic rings. The zero-order valence-electron chi connectivity index (χ0n) is 11.0. The molecule has 1 rings (SSSR count). The molecule has 1 aromatic carbocycles.